The van der Waals surface area contributed by atoms with Crippen LogP contribution in [0.2, 0.25) is 0 Å². The number of ether oxygens (including phenoxy) is 1. The number of hydrogen-bond donors (Lipinski definition) is 1. The van der Waals surface area contributed by atoms with E-state index in [-0.39, 0.29) is 18.1 Å². The Hall–Kier alpha value is -2.39. The number of benzene rings is 2. The molecule has 0 bridgehead atoms. The van der Waals surface area contributed by atoms with Crippen molar-refractivity contribution >= 4 is 45.5 Å². The van der Waals surface area contributed by atoms with Gasteiger partial charge in [0, 0.05) is 22.2 Å². The first kappa shape index (κ1) is 20.9. The largest absolute Gasteiger partial charge is 0.446 e. The van der Waals surface area contributed by atoms with Gasteiger partial charge in [-0.1, -0.05) is 40.2 Å². The predicted octanol–water partition coefficient (Wildman–Crippen LogP) is 3.25. The number of nitrogens with zero attached hydrogens (tertiary/aromatic N) is 1. The van der Waals surface area contributed by atoms with E-state index < -0.39 is 28.9 Å². The lowest BCUT2D eigenvalue weighted by atomic mass is 10.0. The summed E-state index contributed by atoms with van der Waals surface area (Å²) in [7, 11) is 0. The zero-order chi connectivity index (χ0) is 21.5. The van der Waals surface area contributed by atoms with E-state index in [1.807, 2.05) is 0 Å². The van der Waals surface area contributed by atoms with Crippen LogP contribution in [0.1, 0.15) is 30.1 Å². The third kappa shape index (κ3) is 3.60. The average Bonchev–Trinajstić information content (AvgIpc) is 3.26. The van der Waals surface area contributed by atoms with Gasteiger partial charge in [0.15, 0.2) is 0 Å². The highest BCUT2D eigenvalue weighted by molar-refractivity contribution is 9.10. The van der Waals surface area contributed by atoms with Crippen molar-refractivity contribution in [1.29, 1.82) is 0 Å². The van der Waals surface area contributed by atoms with Gasteiger partial charge >= 0.3 is 5.97 Å². The molecule has 2 aliphatic heterocycles. The van der Waals surface area contributed by atoms with E-state index in [0.717, 1.165) is 10.0 Å². The molecule has 0 saturated carbocycles. The highest BCUT2D eigenvalue weighted by atomic mass is 79.9. The standard InChI is InChI=1S/C21H18BrFN2O4S/c22-14-5-1-12(2-6-14)18(19(24)27)29-20(28)16-11-30-21(10-9-17(26)25(16)21)13-3-7-15(23)8-4-13/h1-8,16,18H,9-11H2,(H2,24,27). The number of nitrogens with two attached hydrogens (primary N) is 1. The number of thioether (sulfide) groups is 1. The minimum Gasteiger partial charge on any atom is -0.446 e. The van der Waals surface area contributed by atoms with Crippen LogP contribution in [0.5, 0.6) is 0 Å². The number of carbonyl (C=O) groups excluding carboxylic acids is 3. The molecule has 2 heterocycles. The van der Waals surface area contributed by atoms with Gasteiger partial charge in [-0.2, -0.15) is 0 Å². The summed E-state index contributed by atoms with van der Waals surface area (Å²) >= 11 is 4.76. The topological polar surface area (TPSA) is 89.7 Å². The van der Waals surface area contributed by atoms with E-state index in [4.69, 9.17) is 10.5 Å². The van der Waals surface area contributed by atoms with Crippen LogP contribution in [0.3, 0.4) is 0 Å². The van der Waals surface area contributed by atoms with Crippen LogP contribution >= 0.6 is 27.7 Å². The lowest BCUT2D eigenvalue weighted by Crippen LogP contribution is -2.47. The monoisotopic (exact) mass is 492 g/mol. The van der Waals surface area contributed by atoms with Crippen molar-refractivity contribution in [3.05, 3.63) is 69.9 Å². The Bertz CT molecular complexity index is 1000. The molecule has 0 spiro atoms. The molecule has 3 unspecified atom stereocenters. The van der Waals surface area contributed by atoms with Crippen LogP contribution in [0.25, 0.3) is 0 Å². The molecule has 4 rings (SSSR count). The van der Waals surface area contributed by atoms with Crippen LogP contribution in [0, 0.1) is 5.82 Å². The van der Waals surface area contributed by atoms with Crippen LogP contribution in [-0.4, -0.2) is 34.5 Å². The van der Waals surface area contributed by atoms with Crippen LogP contribution in [0.15, 0.2) is 53.0 Å². The first-order valence-corrected chi connectivity index (χ1v) is 11.1. The smallest absolute Gasteiger partial charge is 0.330 e. The highest BCUT2D eigenvalue weighted by Gasteiger charge is 2.57. The molecule has 2 fully saturated rings. The van der Waals surface area contributed by atoms with Crippen molar-refractivity contribution in [2.75, 3.05) is 5.75 Å². The number of rotatable bonds is 5. The third-order valence-corrected chi connectivity index (χ3v) is 7.48. The van der Waals surface area contributed by atoms with Crippen molar-refractivity contribution in [2.24, 2.45) is 5.73 Å². The molecular weight excluding hydrogens is 475 g/mol. The summed E-state index contributed by atoms with van der Waals surface area (Å²) in [5, 5.41) is 0. The van der Waals surface area contributed by atoms with E-state index >= 15 is 0 Å². The summed E-state index contributed by atoms with van der Waals surface area (Å²) in [6.07, 6.45) is -0.466. The van der Waals surface area contributed by atoms with E-state index in [1.54, 1.807) is 36.4 Å². The van der Waals surface area contributed by atoms with Crippen LogP contribution < -0.4 is 5.73 Å². The van der Waals surface area contributed by atoms with E-state index in [2.05, 4.69) is 15.9 Å². The number of esters is 1. The summed E-state index contributed by atoms with van der Waals surface area (Å²) in [4.78, 5) is 38.4. The molecule has 2 N–H and O–H groups in total. The average molecular weight is 493 g/mol. The van der Waals surface area contributed by atoms with Crippen molar-refractivity contribution in [3.8, 4) is 0 Å². The molecule has 0 aliphatic carbocycles. The summed E-state index contributed by atoms with van der Waals surface area (Å²) in [6.45, 7) is 0. The normalized spacial score (nSPS) is 23.9. The maximum absolute atomic E-state index is 13.4. The number of halogens is 2. The van der Waals surface area contributed by atoms with Gasteiger partial charge < -0.3 is 15.4 Å². The fourth-order valence-electron chi connectivity index (χ4n) is 3.95. The van der Waals surface area contributed by atoms with Gasteiger partial charge in [0.25, 0.3) is 5.91 Å². The number of hydrogen-bond acceptors (Lipinski definition) is 5. The first-order valence-electron chi connectivity index (χ1n) is 9.29. The Morgan fingerprint density at radius 2 is 1.87 bits per heavy atom. The van der Waals surface area contributed by atoms with Crippen molar-refractivity contribution in [1.82, 2.24) is 4.90 Å². The summed E-state index contributed by atoms with van der Waals surface area (Å²) in [6, 6.07) is 11.8. The fraction of sp³-hybridized carbons (Fsp3) is 0.286. The first-order chi connectivity index (χ1) is 14.3. The van der Waals surface area contributed by atoms with Gasteiger partial charge in [0.2, 0.25) is 12.0 Å². The Morgan fingerprint density at radius 3 is 2.50 bits per heavy atom. The number of primary amides is 1. The lowest BCUT2D eigenvalue weighted by Gasteiger charge is -2.34. The second kappa shape index (κ2) is 8.03. The summed E-state index contributed by atoms with van der Waals surface area (Å²) < 4.78 is 19.7. The van der Waals surface area contributed by atoms with Gasteiger partial charge in [-0.15, -0.1) is 11.8 Å². The second-order valence-corrected chi connectivity index (χ2v) is 9.37. The molecule has 2 saturated heterocycles. The summed E-state index contributed by atoms with van der Waals surface area (Å²) in [5.74, 6) is -1.72. The number of fused-ring (bicyclic) bond motifs is 1. The molecular formula is C21H18BrFN2O4S. The molecule has 0 aromatic heterocycles. The van der Waals surface area contributed by atoms with Gasteiger partial charge in [0.05, 0.1) is 0 Å². The molecule has 30 heavy (non-hydrogen) atoms. The number of carbonyl (C=O) groups is 3. The van der Waals surface area contributed by atoms with Crippen molar-refractivity contribution in [2.45, 2.75) is 29.9 Å². The van der Waals surface area contributed by atoms with E-state index in [0.29, 0.717) is 17.7 Å². The van der Waals surface area contributed by atoms with Crippen LogP contribution in [0.4, 0.5) is 4.39 Å². The van der Waals surface area contributed by atoms with Crippen LogP contribution in [-0.2, 0) is 24.0 Å². The molecule has 2 aromatic rings. The molecule has 2 aromatic carbocycles. The van der Waals surface area contributed by atoms with Gasteiger partial charge in [-0.25, -0.2) is 9.18 Å². The van der Waals surface area contributed by atoms with Gasteiger partial charge in [-0.3, -0.25) is 9.59 Å². The lowest BCUT2D eigenvalue weighted by molar-refractivity contribution is -0.162. The van der Waals surface area contributed by atoms with Gasteiger partial charge in [0.1, 0.15) is 16.7 Å². The van der Waals surface area contributed by atoms with Crippen molar-refractivity contribution in [3.63, 3.8) is 0 Å². The Labute approximate surface area is 185 Å². The predicted molar refractivity (Wildman–Crippen MR) is 113 cm³/mol. The number of amides is 2. The minimum atomic E-state index is -1.26. The molecule has 3 atom stereocenters. The Balaban J connectivity index is 1.60. The minimum absolute atomic E-state index is 0.175. The molecule has 156 valence electrons. The SMILES string of the molecule is NC(=O)C(OC(=O)C1CSC2(c3ccc(F)cc3)CCC(=O)N12)c1ccc(Br)cc1. The van der Waals surface area contributed by atoms with E-state index in [1.165, 1.54) is 28.8 Å². The molecule has 6 nitrogen and oxygen atoms in total. The summed E-state index contributed by atoms with van der Waals surface area (Å²) in [5.41, 5.74) is 6.68. The third-order valence-electron chi connectivity index (χ3n) is 5.36. The molecule has 0 radical (unpaired) electrons. The Morgan fingerprint density at radius 1 is 1.20 bits per heavy atom. The quantitative estimate of drug-likeness (QED) is 0.647. The maximum Gasteiger partial charge on any atom is 0.330 e. The molecule has 2 aliphatic rings. The second-order valence-electron chi connectivity index (χ2n) is 7.15. The van der Waals surface area contributed by atoms with E-state index in [9.17, 15) is 18.8 Å². The van der Waals surface area contributed by atoms with Crippen molar-refractivity contribution < 1.29 is 23.5 Å². The Kier molecular flexibility index (Phi) is 5.59. The molecule has 2 amide bonds. The van der Waals surface area contributed by atoms with Gasteiger partial charge in [-0.05, 0) is 36.2 Å². The highest BCUT2D eigenvalue weighted by Crippen LogP contribution is 2.54. The maximum atomic E-state index is 13.4. The zero-order valence-electron chi connectivity index (χ0n) is 15.7. The fourth-order valence-corrected chi connectivity index (χ4v) is 5.85. The zero-order valence-corrected chi connectivity index (χ0v) is 18.1. The molecule has 9 heteroatoms.